The van der Waals surface area contributed by atoms with Gasteiger partial charge in [-0.05, 0) is 75.9 Å². The van der Waals surface area contributed by atoms with Gasteiger partial charge in [-0.1, -0.05) is 0 Å². The minimum atomic E-state index is 0.528. The summed E-state index contributed by atoms with van der Waals surface area (Å²) in [5, 5.41) is 3.68. The monoisotopic (exact) mass is 259 g/mol. The lowest BCUT2D eigenvalue weighted by atomic mass is 9.87. The average Bonchev–Trinajstić information content (AvgIpc) is 3.02. The molecule has 1 N–H and O–H groups in total. The Labute approximate surface area is 116 Å². The second-order valence-electron chi connectivity index (χ2n) is 6.03. The van der Waals surface area contributed by atoms with Crippen molar-refractivity contribution in [3.8, 4) is 0 Å². The van der Waals surface area contributed by atoms with Crippen molar-refractivity contribution in [2.24, 2.45) is 5.92 Å². The van der Waals surface area contributed by atoms with E-state index < -0.39 is 0 Å². The van der Waals surface area contributed by atoms with E-state index >= 15 is 0 Å². The largest absolute Gasteiger partial charge is 0.314 e. The SMILES string of the molecule is CC(c1ccncc1)N1CCC(C2CCCN2)CC1. The zero-order valence-corrected chi connectivity index (χ0v) is 11.9. The molecule has 0 radical (unpaired) electrons. The first kappa shape index (κ1) is 13.1. The molecular weight excluding hydrogens is 234 g/mol. The van der Waals surface area contributed by atoms with Crippen molar-refractivity contribution in [3.05, 3.63) is 30.1 Å². The minimum absolute atomic E-state index is 0.528. The van der Waals surface area contributed by atoms with Crippen LogP contribution in [-0.4, -0.2) is 35.6 Å². The zero-order valence-electron chi connectivity index (χ0n) is 11.9. The Kier molecular flexibility index (Phi) is 4.14. The first-order valence-electron chi connectivity index (χ1n) is 7.72. The lowest BCUT2D eigenvalue weighted by Gasteiger charge is -2.38. The summed E-state index contributed by atoms with van der Waals surface area (Å²) in [6.07, 6.45) is 9.28. The molecule has 2 aliphatic rings. The molecule has 19 heavy (non-hydrogen) atoms. The van der Waals surface area contributed by atoms with Gasteiger partial charge in [-0.2, -0.15) is 0 Å². The maximum absolute atomic E-state index is 4.11. The normalized spacial score (nSPS) is 27.5. The Morgan fingerprint density at radius 3 is 2.58 bits per heavy atom. The van der Waals surface area contributed by atoms with Crippen molar-refractivity contribution in [1.29, 1.82) is 0 Å². The highest BCUT2D eigenvalue weighted by Crippen LogP contribution is 2.30. The van der Waals surface area contributed by atoms with Gasteiger partial charge in [-0.3, -0.25) is 9.88 Å². The molecule has 2 unspecified atom stereocenters. The number of likely N-dealkylation sites (tertiary alicyclic amines) is 1. The second-order valence-corrected chi connectivity index (χ2v) is 6.03. The highest BCUT2D eigenvalue weighted by Gasteiger charge is 2.29. The maximum atomic E-state index is 4.11. The van der Waals surface area contributed by atoms with Gasteiger partial charge in [0, 0.05) is 24.5 Å². The van der Waals surface area contributed by atoms with E-state index in [2.05, 4.69) is 34.3 Å². The van der Waals surface area contributed by atoms with Crippen LogP contribution in [0.5, 0.6) is 0 Å². The molecule has 1 aromatic heterocycles. The average molecular weight is 259 g/mol. The van der Waals surface area contributed by atoms with E-state index in [0.29, 0.717) is 6.04 Å². The zero-order chi connectivity index (χ0) is 13.1. The van der Waals surface area contributed by atoms with Crippen molar-refractivity contribution in [2.45, 2.75) is 44.7 Å². The fraction of sp³-hybridized carbons (Fsp3) is 0.688. The van der Waals surface area contributed by atoms with Crippen molar-refractivity contribution < 1.29 is 0 Å². The summed E-state index contributed by atoms with van der Waals surface area (Å²) in [6.45, 7) is 6.04. The van der Waals surface area contributed by atoms with E-state index in [1.807, 2.05) is 12.4 Å². The predicted octanol–water partition coefficient (Wildman–Crippen LogP) is 2.61. The Morgan fingerprint density at radius 1 is 1.21 bits per heavy atom. The van der Waals surface area contributed by atoms with E-state index in [1.54, 1.807) is 0 Å². The van der Waals surface area contributed by atoms with Crippen LogP contribution in [0, 0.1) is 5.92 Å². The molecule has 0 aromatic carbocycles. The standard InChI is InChI=1S/C16H25N3/c1-13(14-4-9-17-10-5-14)19-11-6-15(7-12-19)16-3-2-8-18-16/h4-5,9-10,13,15-16,18H,2-3,6-8,11-12H2,1H3. The van der Waals surface area contributed by atoms with Gasteiger partial charge in [0.2, 0.25) is 0 Å². The van der Waals surface area contributed by atoms with Gasteiger partial charge in [0.05, 0.1) is 0 Å². The maximum Gasteiger partial charge on any atom is 0.0320 e. The van der Waals surface area contributed by atoms with Crippen LogP contribution >= 0.6 is 0 Å². The first-order chi connectivity index (χ1) is 9.34. The molecule has 0 aliphatic carbocycles. The molecule has 104 valence electrons. The van der Waals surface area contributed by atoms with E-state index in [-0.39, 0.29) is 0 Å². The number of nitrogens with zero attached hydrogens (tertiary/aromatic N) is 2. The summed E-state index contributed by atoms with van der Waals surface area (Å²) >= 11 is 0. The van der Waals surface area contributed by atoms with Crippen LogP contribution in [0.1, 0.15) is 44.2 Å². The van der Waals surface area contributed by atoms with Crippen molar-refractivity contribution in [2.75, 3.05) is 19.6 Å². The molecule has 3 nitrogen and oxygen atoms in total. The van der Waals surface area contributed by atoms with E-state index in [9.17, 15) is 0 Å². The van der Waals surface area contributed by atoms with Crippen molar-refractivity contribution >= 4 is 0 Å². The van der Waals surface area contributed by atoms with Crippen LogP contribution < -0.4 is 5.32 Å². The number of hydrogen-bond donors (Lipinski definition) is 1. The number of pyridine rings is 1. The first-order valence-corrected chi connectivity index (χ1v) is 7.72. The molecule has 0 spiro atoms. The van der Waals surface area contributed by atoms with Crippen LogP contribution in [0.2, 0.25) is 0 Å². The molecule has 0 bridgehead atoms. The van der Waals surface area contributed by atoms with Gasteiger partial charge in [0.25, 0.3) is 0 Å². The summed E-state index contributed by atoms with van der Waals surface area (Å²) in [5.41, 5.74) is 1.40. The number of piperidine rings is 1. The molecule has 3 heterocycles. The molecule has 3 rings (SSSR count). The van der Waals surface area contributed by atoms with Gasteiger partial charge < -0.3 is 5.32 Å². The number of hydrogen-bond acceptors (Lipinski definition) is 3. The molecule has 0 amide bonds. The smallest absolute Gasteiger partial charge is 0.0320 e. The van der Waals surface area contributed by atoms with Crippen LogP contribution in [-0.2, 0) is 0 Å². The Balaban J connectivity index is 1.55. The number of rotatable bonds is 3. The molecule has 2 fully saturated rings. The highest BCUT2D eigenvalue weighted by atomic mass is 15.2. The lowest BCUT2D eigenvalue weighted by molar-refractivity contribution is 0.126. The molecule has 1 aromatic rings. The summed E-state index contributed by atoms with van der Waals surface area (Å²) in [7, 11) is 0. The number of aromatic nitrogens is 1. The van der Waals surface area contributed by atoms with Crippen molar-refractivity contribution in [1.82, 2.24) is 15.2 Å². The lowest BCUT2D eigenvalue weighted by Crippen LogP contribution is -2.41. The van der Waals surface area contributed by atoms with E-state index in [4.69, 9.17) is 0 Å². The van der Waals surface area contributed by atoms with Gasteiger partial charge >= 0.3 is 0 Å². The van der Waals surface area contributed by atoms with Crippen LogP contribution in [0.25, 0.3) is 0 Å². The highest BCUT2D eigenvalue weighted by molar-refractivity contribution is 5.14. The van der Waals surface area contributed by atoms with E-state index in [1.165, 1.54) is 50.9 Å². The van der Waals surface area contributed by atoms with Gasteiger partial charge in [0.1, 0.15) is 0 Å². The third-order valence-electron chi connectivity index (χ3n) is 4.98. The summed E-state index contributed by atoms with van der Waals surface area (Å²) < 4.78 is 0. The molecule has 2 aliphatic heterocycles. The number of nitrogens with one attached hydrogen (secondary N) is 1. The topological polar surface area (TPSA) is 28.2 Å². The summed E-state index contributed by atoms with van der Waals surface area (Å²) in [5.74, 6) is 0.906. The van der Waals surface area contributed by atoms with Crippen LogP contribution in [0.3, 0.4) is 0 Å². The second kappa shape index (κ2) is 6.02. The fourth-order valence-corrected chi connectivity index (χ4v) is 3.68. The summed E-state index contributed by atoms with van der Waals surface area (Å²) in [6, 6.07) is 5.63. The van der Waals surface area contributed by atoms with E-state index in [0.717, 1.165) is 12.0 Å². The molecule has 0 saturated carbocycles. The minimum Gasteiger partial charge on any atom is -0.314 e. The van der Waals surface area contributed by atoms with Gasteiger partial charge in [-0.25, -0.2) is 0 Å². The van der Waals surface area contributed by atoms with Gasteiger partial charge in [-0.15, -0.1) is 0 Å². The molecule has 3 heteroatoms. The summed E-state index contributed by atoms with van der Waals surface area (Å²) in [4.78, 5) is 6.74. The van der Waals surface area contributed by atoms with Gasteiger partial charge in [0.15, 0.2) is 0 Å². The Bertz CT molecular complexity index is 378. The molecular formula is C16H25N3. The Hall–Kier alpha value is -0.930. The molecule has 2 saturated heterocycles. The van der Waals surface area contributed by atoms with Crippen molar-refractivity contribution in [3.63, 3.8) is 0 Å². The molecule has 2 atom stereocenters. The van der Waals surface area contributed by atoms with Crippen LogP contribution in [0.15, 0.2) is 24.5 Å². The third kappa shape index (κ3) is 2.98. The third-order valence-corrected chi connectivity index (χ3v) is 4.98. The van der Waals surface area contributed by atoms with Crippen LogP contribution in [0.4, 0.5) is 0 Å². The predicted molar refractivity (Wildman–Crippen MR) is 78.0 cm³/mol. The fourth-order valence-electron chi connectivity index (χ4n) is 3.68. The Morgan fingerprint density at radius 2 is 1.95 bits per heavy atom. The quantitative estimate of drug-likeness (QED) is 0.904.